The molecule has 1 spiro atoms. The highest BCUT2D eigenvalue weighted by molar-refractivity contribution is 7.88. The zero-order valence-electron chi connectivity index (χ0n) is 18.2. The molecule has 2 aliphatic carbocycles. The minimum Gasteiger partial charge on any atom is -0.351 e. The topological polar surface area (TPSA) is 97.2 Å². The smallest absolute Gasteiger partial charge is 0.351 e. The van der Waals surface area contributed by atoms with E-state index in [1.165, 1.54) is 21.3 Å². The molecule has 3 aliphatic rings. The Labute approximate surface area is 189 Å². The van der Waals surface area contributed by atoms with E-state index in [-0.39, 0.29) is 34.5 Å². The van der Waals surface area contributed by atoms with Crippen molar-refractivity contribution in [1.82, 2.24) is 18.8 Å². The maximum atomic E-state index is 13.6. The molecule has 12 heteroatoms. The van der Waals surface area contributed by atoms with E-state index < -0.39 is 27.3 Å². The lowest BCUT2D eigenvalue weighted by molar-refractivity contribution is -0.138. The molecule has 1 unspecified atom stereocenters. The number of nitrogens with one attached hydrogen (secondary N) is 1. The van der Waals surface area contributed by atoms with Crippen molar-refractivity contribution in [2.24, 2.45) is 5.41 Å². The van der Waals surface area contributed by atoms with E-state index in [0.29, 0.717) is 32.4 Å². The van der Waals surface area contributed by atoms with Crippen LogP contribution in [0.1, 0.15) is 56.6 Å². The van der Waals surface area contributed by atoms with Gasteiger partial charge in [0, 0.05) is 36.8 Å². The first-order chi connectivity index (χ1) is 15.5. The predicted octanol–water partition coefficient (Wildman–Crippen LogP) is 3.15. The van der Waals surface area contributed by atoms with Gasteiger partial charge in [0.1, 0.15) is 11.2 Å². The maximum absolute atomic E-state index is 13.6. The average molecular weight is 486 g/mol. The van der Waals surface area contributed by atoms with Crippen LogP contribution in [0.25, 0.3) is 11.0 Å². The number of pyridine rings is 1. The SMILES string of the molecule is CS(=O)(=O)N1CCC(Nc2ncc3cc(C(F)(F)F)c(=O)n(C4CCCC45CC5)c3n2)CC1. The Morgan fingerprint density at radius 1 is 1.15 bits per heavy atom. The number of alkyl halides is 3. The number of halogens is 3. The van der Waals surface area contributed by atoms with Gasteiger partial charge < -0.3 is 5.32 Å². The van der Waals surface area contributed by atoms with Crippen LogP contribution >= 0.6 is 0 Å². The van der Waals surface area contributed by atoms with Gasteiger partial charge in [-0.15, -0.1) is 0 Å². The lowest BCUT2D eigenvalue weighted by atomic mass is 9.99. The van der Waals surface area contributed by atoms with Gasteiger partial charge in [0.2, 0.25) is 16.0 Å². The van der Waals surface area contributed by atoms with Gasteiger partial charge in [-0.05, 0) is 50.0 Å². The first-order valence-electron chi connectivity index (χ1n) is 11.2. The van der Waals surface area contributed by atoms with Crippen molar-refractivity contribution >= 4 is 27.0 Å². The van der Waals surface area contributed by atoms with E-state index in [1.54, 1.807) is 0 Å². The minimum atomic E-state index is -4.76. The molecule has 3 fully saturated rings. The van der Waals surface area contributed by atoms with Crippen molar-refractivity contribution in [1.29, 1.82) is 0 Å². The molecule has 1 atom stereocenters. The fraction of sp³-hybridized carbons (Fsp3) is 0.667. The molecule has 8 nitrogen and oxygen atoms in total. The van der Waals surface area contributed by atoms with E-state index in [4.69, 9.17) is 0 Å². The van der Waals surface area contributed by atoms with Crippen LogP contribution in [0.4, 0.5) is 19.1 Å². The summed E-state index contributed by atoms with van der Waals surface area (Å²) in [5, 5.41) is 3.36. The number of aromatic nitrogens is 3. The Kier molecular flexibility index (Phi) is 5.24. The molecular formula is C21H26F3N5O3S. The first kappa shape index (κ1) is 22.6. The monoisotopic (exact) mass is 485 g/mol. The summed E-state index contributed by atoms with van der Waals surface area (Å²) in [6, 6.07) is 0.476. The van der Waals surface area contributed by atoms with E-state index >= 15 is 0 Å². The Hall–Kier alpha value is -2.21. The molecule has 2 aromatic heterocycles. The Bertz CT molecular complexity index is 1250. The summed E-state index contributed by atoms with van der Waals surface area (Å²) in [7, 11) is -3.25. The Balaban J connectivity index is 1.51. The average Bonchev–Trinajstić information content (AvgIpc) is 3.39. The van der Waals surface area contributed by atoms with Gasteiger partial charge in [0.25, 0.3) is 5.56 Å². The third-order valence-corrected chi connectivity index (χ3v) is 8.70. The lowest BCUT2D eigenvalue weighted by Crippen LogP contribution is -2.42. The summed E-state index contributed by atoms with van der Waals surface area (Å²) in [4.78, 5) is 21.8. The number of anilines is 1. The second-order valence-electron chi connectivity index (χ2n) is 9.55. The molecule has 0 radical (unpaired) electrons. The van der Waals surface area contributed by atoms with Crippen LogP contribution in [0.5, 0.6) is 0 Å². The lowest BCUT2D eigenvalue weighted by Gasteiger charge is -2.30. The summed E-state index contributed by atoms with van der Waals surface area (Å²) in [6.45, 7) is 0.739. The standard InChI is InChI=1S/C21H26F3N5O3S/c1-33(31,32)28-9-4-14(5-10-28)26-19-25-12-13-11-15(21(22,23)24)18(30)29(17(13)27-19)16-3-2-6-20(16)7-8-20/h11-12,14,16H,2-10H2,1H3,(H,25,26,27). The number of hydrogen-bond donors (Lipinski definition) is 1. The number of rotatable bonds is 4. The molecule has 1 N–H and O–H groups in total. The molecule has 5 rings (SSSR count). The number of sulfonamides is 1. The summed E-state index contributed by atoms with van der Waals surface area (Å²) < 4.78 is 67.1. The summed E-state index contributed by atoms with van der Waals surface area (Å²) >= 11 is 0. The highest BCUT2D eigenvalue weighted by atomic mass is 32.2. The van der Waals surface area contributed by atoms with Gasteiger partial charge >= 0.3 is 6.18 Å². The summed E-state index contributed by atoms with van der Waals surface area (Å²) in [5.74, 6) is 0.232. The van der Waals surface area contributed by atoms with Gasteiger partial charge in [0.05, 0.1) is 6.26 Å². The fourth-order valence-electron chi connectivity index (χ4n) is 5.46. The largest absolute Gasteiger partial charge is 0.421 e. The van der Waals surface area contributed by atoms with Gasteiger partial charge in [-0.3, -0.25) is 9.36 Å². The predicted molar refractivity (Wildman–Crippen MR) is 116 cm³/mol. The van der Waals surface area contributed by atoms with Crippen molar-refractivity contribution in [3.05, 3.63) is 28.2 Å². The van der Waals surface area contributed by atoms with E-state index in [2.05, 4.69) is 15.3 Å². The van der Waals surface area contributed by atoms with Gasteiger partial charge in [0.15, 0.2) is 0 Å². The molecule has 2 aromatic rings. The van der Waals surface area contributed by atoms with E-state index in [1.807, 2.05) is 0 Å². The molecule has 2 saturated carbocycles. The zero-order chi connectivity index (χ0) is 23.6. The molecule has 0 amide bonds. The van der Waals surface area contributed by atoms with Crippen LogP contribution in [-0.4, -0.2) is 52.6 Å². The van der Waals surface area contributed by atoms with Crippen LogP contribution in [0.15, 0.2) is 17.1 Å². The molecular weight excluding hydrogens is 459 g/mol. The third-order valence-electron chi connectivity index (χ3n) is 7.40. The quantitative estimate of drug-likeness (QED) is 0.715. The Morgan fingerprint density at radius 2 is 1.85 bits per heavy atom. The highest BCUT2D eigenvalue weighted by Crippen LogP contribution is 2.63. The second kappa shape index (κ2) is 7.66. The first-order valence-corrected chi connectivity index (χ1v) is 13.0. The summed E-state index contributed by atoms with van der Waals surface area (Å²) in [6.07, 6.45) is 3.14. The molecule has 180 valence electrons. The van der Waals surface area contributed by atoms with E-state index in [0.717, 1.165) is 31.7 Å². The van der Waals surface area contributed by atoms with Gasteiger partial charge in [-0.2, -0.15) is 18.2 Å². The number of hydrogen-bond acceptors (Lipinski definition) is 6. The maximum Gasteiger partial charge on any atom is 0.421 e. The van der Waals surface area contributed by atoms with Crippen LogP contribution in [0.3, 0.4) is 0 Å². The number of piperidine rings is 1. The van der Waals surface area contributed by atoms with Gasteiger partial charge in [-0.25, -0.2) is 17.7 Å². The van der Waals surface area contributed by atoms with Crippen LogP contribution < -0.4 is 10.9 Å². The van der Waals surface area contributed by atoms with Gasteiger partial charge in [-0.1, -0.05) is 6.42 Å². The minimum absolute atomic E-state index is 0.0728. The van der Waals surface area contributed by atoms with E-state index in [9.17, 15) is 26.4 Å². The summed E-state index contributed by atoms with van der Waals surface area (Å²) in [5.41, 5.74) is -2.11. The third kappa shape index (κ3) is 4.11. The zero-order valence-corrected chi connectivity index (χ0v) is 19.0. The van der Waals surface area contributed by atoms with Crippen LogP contribution in [-0.2, 0) is 16.2 Å². The molecule has 0 aromatic carbocycles. The van der Waals surface area contributed by atoms with Crippen molar-refractivity contribution in [3.8, 4) is 0 Å². The molecule has 1 aliphatic heterocycles. The second-order valence-corrected chi connectivity index (χ2v) is 11.5. The molecule has 0 bridgehead atoms. The van der Waals surface area contributed by atoms with Crippen molar-refractivity contribution < 1.29 is 21.6 Å². The molecule has 33 heavy (non-hydrogen) atoms. The molecule has 1 saturated heterocycles. The van der Waals surface area contributed by atoms with Crippen molar-refractivity contribution in [2.45, 2.75) is 63.2 Å². The normalized spacial score (nSPS) is 23.9. The van der Waals surface area contributed by atoms with Crippen LogP contribution in [0.2, 0.25) is 0 Å². The number of fused-ring (bicyclic) bond motifs is 1. The van der Waals surface area contributed by atoms with Crippen molar-refractivity contribution in [2.75, 3.05) is 24.7 Å². The fourth-order valence-corrected chi connectivity index (χ4v) is 6.34. The number of nitrogens with zero attached hydrogens (tertiary/aromatic N) is 4. The highest BCUT2D eigenvalue weighted by Gasteiger charge is 2.54. The van der Waals surface area contributed by atoms with Crippen LogP contribution in [0, 0.1) is 5.41 Å². The molecule has 3 heterocycles. The Morgan fingerprint density at radius 3 is 2.45 bits per heavy atom. The van der Waals surface area contributed by atoms with Crippen molar-refractivity contribution in [3.63, 3.8) is 0 Å².